The minimum atomic E-state index is -5.21. The first kappa shape index (κ1) is 14.1. The van der Waals surface area contributed by atoms with Crippen molar-refractivity contribution in [2.24, 2.45) is 5.73 Å². The van der Waals surface area contributed by atoms with Crippen LogP contribution in [0.5, 0.6) is 0 Å². The lowest BCUT2D eigenvalue weighted by Gasteiger charge is -2.15. The summed E-state index contributed by atoms with van der Waals surface area (Å²) in [4.78, 5) is 13.5. The van der Waals surface area contributed by atoms with Crippen LogP contribution in [0.4, 0.5) is 32.2 Å². The minimum Gasteiger partial charge on any atom is -0.383 e. The Bertz CT molecular complexity index is 493. The summed E-state index contributed by atoms with van der Waals surface area (Å²) in [6, 6.07) is -0.309. The molecule has 0 saturated heterocycles. The number of amides is 1. The number of hydrogen-bond donors (Lipinski definition) is 2. The number of nitrogens with zero attached hydrogens (tertiary/aromatic N) is 1. The van der Waals surface area contributed by atoms with Gasteiger partial charge >= 0.3 is 12.4 Å². The average molecular weight is 273 g/mol. The zero-order valence-electron chi connectivity index (χ0n) is 8.36. The molecule has 0 fully saturated rings. The van der Waals surface area contributed by atoms with E-state index in [-0.39, 0.29) is 6.07 Å². The van der Waals surface area contributed by atoms with Crippen LogP contribution in [0.2, 0.25) is 0 Å². The van der Waals surface area contributed by atoms with Crippen LogP contribution in [-0.4, -0.2) is 10.9 Å². The fourth-order valence-electron chi connectivity index (χ4n) is 1.19. The fraction of sp³-hybridized carbons (Fsp3) is 0.250. The van der Waals surface area contributed by atoms with E-state index in [4.69, 9.17) is 5.73 Å². The van der Waals surface area contributed by atoms with Crippen molar-refractivity contribution >= 4 is 11.7 Å². The Morgan fingerprint density at radius 2 is 1.61 bits per heavy atom. The van der Waals surface area contributed by atoms with E-state index < -0.39 is 40.9 Å². The average Bonchev–Trinajstić information content (AvgIpc) is 2.12. The van der Waals surface area contributed by atoms with E-state index in [9.17, 15) is 31.1 Å². The molecule has 0 aliphatic heterocycles. The molecule has 0 aliphatic rings. The Morgan fingerprint density at radius 1 is 1.11 bits per heavy atom. The predicted molar refractivity (Wildman–Crippen MR) is 47.2 cm³/mol. The summed E-state index contributed by atoms with van der Waals surface area (Å²) < 4.78 is 74.3. The predicted octanol–water partition coefficient (Wildman–Crippen LogP) is 1.80. The van der Waals surface area contributed by atoms with Gasteiger partial charge in [0.25, 0.3) is 5.91 Å². The topological polar surface area (TPSA) is 82.0 Å². The van der Waals surface area contributed by atoms with Gasteiger partial charge in [-0.2, -0.15) is 26.3 Å². The molecule has 0 saturated carbocycles. The molecule has 1 rings (SSSR count). The molecule has 0 atom stereocenters. The van der Waals surface area contributed by atoms with Gasteiger partial charge in [-0.25, -0.2) is 4.98 Å². The molecule has 4 N–H and O–H groups in total. The Hall–Kier alpha value is -2.00. The highest BCUT2D eigenvalue weighted by Crippen LogP contribution is 2.37. The minimum absolute atomic E-state index is 0.309. The normalized spacial score (nSPS) is 12.6. The number of carbonyl (C=O) groups is 1. The molecular formula is C8H5F6N3O. The second-order valence-electron chi connectivity index (χ2n) is 3.18. The van der Waals surface area contributed by atoms with Gasteiger partial charge in [0.2, 0.25) is 0 Å². The van der Waals surface area contributed by atoms with E-state index in [1.165, 1.54) is 0 Å². The number of anilines is 1. The maximum Gasteiger partial charge on any atom is 0.433 e. The van der Waals surface area contributed by atoms with Gasteiger partial charge in [0.15, 0.2) is 0 Å². The van der Waals surface area contributed by atoms with Gasteiger partial charge < -0.3 is 11.5 Å². The number of nitrogen functional groups attached to an aromatic ring is 1. The zero-order chi connectivity index (χ0) is 14.3. The molecule has 1 heterocycles. The highest BCUT2D eigenvalue weighted by molar-refractivity contribution is 5.98. The van der Waals surface area contributed by atoms with Crippen molar-refractivity contribution < 1.29 is 31.1 Å². The van der Waals surface area contributed by atoms with Crippen LogP contribution in [0.25, 0.3) is 0 Å². The molecule has 0 unspecified atom stereocenters. The first-order valence-corrected chi connectivity index (χ1v) is 4.19. The molecule has 4 nitrogen and oxygen atoms in total. The SMILES string of the molecule is NC(=O)c1c(C(F)(F)F)cc(C(F)(F)F)nc1N. The third-order valence-corrected chi connectivity index (χ3v) is 1.89. The van der Waals surface area contributed by atoms with Crippen LogP contribution in [0.1, 0.15) is 21.6 Å². The summed E-state index contributed by atoms with van der Waals surface area (Å²) in [5.74, 6) is -2.83. The van der Waals surface area contributed by atoms with Gasteiger partial charge in [-0.05, 0) is 6.07 Å². The number of halogens is 6. The molecule has 0 bridgehead atoms. The highest BCUT2D eigenvalue weighted by atomic mass is 19.4. The molecule has 100 valence electrons. The molecule has 0 spiro atoms. The molecule has 1 aromatic heterocycles. The monoisotopic (exact) mass is 273 g/mol. The first-order chi connectivity index (χ1) is 7.94. The second-order valence-corrected chi connectivity index (χ2v) is 3.18. The van der Waals surface area contributed by atoms with Crippen LogP contribution in [-0.2, 0) is 12.4 Å². The largest absolute Gasteiger partial charge is 0.433 e. The lowest BCUT2D eigenvalue weighted by Crippen LogP contribution is -2.24. The van der Waals surface area contributed by atoms with Gasteiger partial charge in [-0.3, -0.25) is 4.79 Å². The lowest BCUT2D eigenvalue weighted by molar-refractivity contribution is -0.145. The van der Waals surface area contributed by atoms with Gasteiger partial charge in [-0.1, -0.05) is 0 Å². The first-order valence-electron chi connectivity index (χ1n) is 4.19. The Labute approximate surface area is 95.6 Å². The summed E-state index contributed by atoms with van der Waals surface area (Å²) in [6.45, 7) is 0. The smallest absolute Gasteiger partial charge is 0.383 e. The number of aromatic nitrogens is 1. The van der Waals surface area contributed by atoms with E-state index in [1.54, 1.807) is 0 Å². The van der Waals surface area contributed by atoms with Crippen molar-refractivity contribution in [2.45, 2.75) is 12.4 Å². The summed E-state index contributed by atoms with van der Waals surface area (Å²) >= 11 is 0. The fourth-order valence-corrected chi connectivity index (χ4v) is 1.19. The van der Waals surface area contributed by atoms with Crippen molar-refractivity contribution in [3.05, 3.63) is 22.9 Å². The molecule has 0 aromatic carbocycles. The molecule has 1 aromatic rings. The number of nitrogens with two attached hydrogens (primary N) is 2. The maximum absolute atomic E-state index is 12.5. The summed E-state index contributed by atoms with van der Waals surface area (Å²) in [5, 5.41) is 0. The van der Waals surface area contributed by atoms with Crippen molar-refractivity contribution in [3.8, 4) is 0 Å². The van der Waals surface area contributed by atoms with Crippen molar-refractivity contribution in [2.75, 3.05) is 5.73 Å². The molecule has 0 radical (unpaired) electrons. The highest BCUT2D eigenvalue weighted by Gasteiger charge is 2.41. The second kappa shape index (κ2) is 4.03. The number of carbonyl (C=O) groups excluding carboxylic acids is 1. The van der Waals surface area contributed by atoms with Gasteiger partial charge in [0.1, 0.15) is 11.5 Å². The van der Waals surface area contributed by atoms with E-state index in [0.29, 0.717) is 0 Å². The number of alkyl halides is 6. The number of pyridine rings is 1. The summed E-state index contributed by atoms with van der Waals surface area (Å²) in [6.07, 6.45) is -10.3. The van der Waals surface area contributed by atoms with Crippen molar-refractivity contribution in [1.29, 1.82) is 0 Å². The molecular weight excluding hydrogens is 268 g/mol. The van der Waals surface area contributed by atoms with E-state index in [0.717, 1.165) is 0 Å². The molecule has 10 heteroatoms. The maximum atomic E-state index is 12.5. The van der Waals surface area contributed by atoms with Gasteiger partial charge in [0, 0.05) is 0 Å². The Kier molecular flexibility index (Phi) is 3.15. The van der Waals surface area contributed by atoms with Crippen molar-refractivity contribution in [3.63, 3.8) is 0 Å². The summed E-state index contributed by atoms with van der Waals surface area (Å²) in [7, 11) is 0. The van der Waals surface area contributed by atoms with E-state index >= 15 is 0 Å². The van der Waals surface area contributed by atoms with Crippen LogP contribution in [0.3, 0.4) is 0 Å². The Morgan fingerprint density at radius 3 is 1.94 bits per heavy atom. The molecule has 0 aliphatic carbocycles. The number of primary amides is 1. The van der Waals surface area contributed by atoms with E-state index in [2.05, 4.69) is 10.7 Å². The Balaban J connectivity index is 3.64. The van der Waals surface area contributed by atoms with Crippen LogP contribution < -0.4 is 11.5 Å². The van der Waals surface area contributed by atoms with Crippen molar-refractivity contribution in [1.82, 2.24) is 4.98 Å². The quantitative estimate of drug-likeness (QED) is 0.765. The standard InChI is InChI=1S/C8H5F6N3O/c9-7(10,11)2-1-3(8(12,13)14)17-5(15)4(2)6(16)18/h1H,(H2,15,17)(H2,16,18). The molecule has 18 heavy (non-hydrogen) atoms. The van der Waals surface area contributed by atoms with Crippen LogP contribution in [0, 0.1) is 0 Å². The summed E-state index contributed by atoms with van der Waals surface area (Å²) in [5.41, 5.74) is 4.54. The number of hydrogen-bond acceptors (Lipinski definition) is 3. The molecule has 1 amide bonds. The van der Waals surface area contributed by atoms with Crippen LogP contribution in [0.15, 0.2) is 6.07 Å². The lowest BCUT2D eigenvalue weighted by atomic mass is 10.1. The van der Waals surface area contributed by atoms with Gasteiger partial charge in [0.05, 0.1) is 11.1 Å². The van der Waals surface area contributed by atoms with Crippen LogP contribution >= 0.6 is 0 Å². The third kappa shape index (κ3) is 2.63. The van der Waals surface area contributed by atoms with Gasteiger partial charge in [-0.15, -0.1) is 0 Å². The number of rotatable bonds is 1. The zero-order valence-corrected chi connectivity index (χ0v) is 8.36. The third-order valence-electron chi connectivity index (χ3n) is 1.89. The van der Waals surface area contributed by atoms with E-state index in [1.807, 2.05) is 0 Å².